The minimum atomic E-state index is -0.174. The zero-order chi connectivity index (χ0) is 23.8. The smallest absolute Gasteiger partial charge is 0.318 e. The van der Waals surface area contributed by atoms with E-state index in [-0.39, 0.29) is 24.5 Å². The van der Waals surface area contributed by atoms with E-state index < -0.39 is 0 Å². The number of halogens is 1. The highest BCUT2D eigenvalue weighted by Crippen LogP contribution is 2.26. The first-order chi connectivity index (χ1) is 15.9. The van der Waals surface area contributed by atoms with Crippen molar-refractivity contribution in [2.24, 2.45) is 0 Å². The molecular weight excluding hydrogens is 440 g/mol. The van der Waals surface area contributed by atoms with E-state index in [1.807, 2.05) is 62.1 Å². The number of anilines is 1. The van der Waals surface area contributed by atoms with E-state index >= 15 is 0 Å². The van der Waals surface area contributed by atoms with Crippen molar-refractivity contribution >= 4 is 29.4 Å². The van der Waals surface area contributed by atoms with Gasteiger partial charge in [-0.25, -0.2) is 4.79 Å². The van der Waals surface area contributed by atoms with E-state index in [0.717, 1.165) is 29.9 Å². The van der Waals surface area contributed by atoms with Gasteiger partial charge in [0, 0.05) is 44.3 Å². The molecule has 2 heterocycles. The Hall–Kier alpha value is -2.87. The van der Waals surface area contributed by atoms with Gasteiger partial charge in [0.15, 0.2) is 5.82 Å². The van der Waals surface area contributed by atoms with E-state index in [1.165, 1.54) is 0 Å². The first-order valence-corrected chi connectivity index (χ1v) is 12.0. The lowest BCUT2D eigenvalue weighted by atomic mass is 10.1. The number of hydrogen-bond donors (Lipinski definition) is 1. The van der Waals surface area contributed by atoms with Crippen LogP contribution in [0.5, 0.6) is 0 Å². The average Bonchev–Trinajstić information content (AvgIpc) is 2.85. The monoisotopic (exact) mass is 472 g/mol. The summed E-state index contributed by atoms with van der Waals surface area (Å²) in [6.45, 7) is 9.19. The number of rotatable bonds is 8. The second-order valence-electron chi connectivity index (χ2n) is 8.24. The van der Waals surface area contributed by atoms with Gasteiger partial charge in [0.05, 0.1) is 10.7 Å². The van der Waals surface area contributed by atoms with E-state index in [2.05, 4.69) is 20.4 Å². The van der Waals surface area contributed by atoms with E-state index in [0.29, 0.717) is 37.7 Å². The van der Waals surface area contributed by atoms with Crippen molar-refractivity contribution in [3.8, 4) is 11.3 Å². The van der Waals surface area contributed by atoms with Crippen molar-refractivity contribution in [1.82, 2.24) is 25.3 Å². The number of nitrogens with one attached hydrogen (secondary N) is 1. The molecule has 0 saturated carbocycles. The number of carbonyl (C=O) groups excluding carboxylic acids is 2. The molecule has 1 fully saturated rings. The first kappa shape index (κ1) is 24.8. The Balaban J connectivity index is 1.57. The molecule has 0 aliphatic carbocycles. The van der Waals surface area contributed by atoms with Crippen LogP contribution in [0, 0.1) is 0 Å². The van der Waals surface area contributed by atoms with Gasteiger partial charge in [0.1, 0.15) is 6.54 Å². The highest BCUT2D eigenvalue weighted by Gasteiger charge is 2.27. The van der Waals surface area contributed by atoms with Crippen LogP contribution < -0.4 is 10.2 Å². The van der Waals surface area contributed by atoms with Gasteiger partial charge in [-0.3, -0.25) is 4.79 Å². The summed E-state index contributed by atoms with van der Waals surface area (Å²) < 4.78 is 0. The van der Waals surface area contributed by atoms with Crippen molar-refractivity contribution in [3.63, 3.8) is 0 Å². The van der Waals surface area contributed by atoms with Crippen LogP contribution in [-0.4, -0.2) is 77.2 Å². The van der Waals surface area contributed by atoms with Gasteiger partial charge in [-0.05, 0) is 38.0 Å². The number of piperazine rings is 1. The minimum absolute atomic E-state index is 0.000924. The predicted molar refractivity (Wildman–Crippen MR) is 131 cm³/mol. The Morgan fingerprint density at radius 3 is 2.42 bits per heavy atom. The molecule has 3 rings (SSSR count). The lowest BCUT2D eigenvalue weighted by Crippen LogP contribution is -2.54. The van der Waals surface area contributed by atoms with Crippen LogP contribution in [0.4, 0.5) is 10.6 Å². The summed E-state index contributed by atoms with van der Waals surface area (Å²) in [4.78, 5) is 31.0. The molecule has 0 radical (unpaired) electrons. The third kappa shape index (κ3) is 6.35. The normalized spacial score (nSPS) is 14.7. The van der Waals surface area contributed by atoms with Gasteiger partial charge in [-0.1, -0.05) is 43.6 Å². The van der Waals surface area contributed by atoms with Crippen LogP contribution >= 0.6 is 11.6 Å². The molecule has 1 aromatic carbocycles. The third-order valence-electron chi connectivity index (χ3n) is 5.97. The van der Waals surface area contributed by atoms with Crippen LogP contribution in [0.25, 0.3) is 11.3 Å². The second-order valence-corrected chi connectivity index (χ2v) is 8.65. The molecule has 1 N–H and O–H groups in total. The summed E-state index contributed by atoms with van der Waals surface area (Å²) in [5.41, 5.74) is 1.58. The Kier molecular flexibility index (Phi) is 8.88. The lowest BCUT2D eigenvalue weighted by Gasteiger charge is -2.37. The molecular formula is C24H33ClN6O2. The van der Waals surface area contributed by atoms with Crippen LogP contribution in [0.2, 0.25) is 5.02 Å². The summed E-state index contributed by atoms with van der Waals surface area (Å²) in [6.07, 6.45) is 1.65. The van der Waals surface area contributed by atoms with E-state index in [1.54, 1.807) is 4.90 Å². The third-order valence-corrected chi connectivity index (χ3v) is 6.30. The molecule has 1 saturated heterocycles. The number of urea groups is 1. The van der Waals surface area contributed by atoms with Crippen LogP contribution in [0.3, 0.4) is 0 Å². The van der Waals surface area contributed by atoms with Crippen molar-refractivity contribution < 1.29 is 9.59 Å². The molecule has 1 atom stereocenters. The Bertz CT molecular complexity index is 931. The molecule has 178 valence electrons. The standard InChI is InChI=1S/C24H33ClN6O2/c1-4-12-26-24(33)31(18(3)5-2)17-23(32)30-15-13-29(14-16-30)22-11-10-21(27-28-22)19-8-6-7-9-20(19)25/h6-11,18H,4-5,12-17H2,1-3H3,(H,26,33)/t18-/m0/s1. The average molecular weight is 473 g/mol. The maximum Gasteiger partial charge on any atom is 0.318 e. The summed E-state index contributed by atoms with van der Waals surface area (Å²) in [6, 6.07) is 11.2. The van der Waals surface area contributed by atoms with Gasteiger partial charge in [-0.15, -0.1) is 10.2 Å². The zero-order valence-electron chi connectivity index (χ0n) is 19.6. The molecule has 0 unspecified atom stereocenters. The minimum Gasteiger partial charge on any atom is -0.352 e. The molecule has 8 nitrogen and oxygen atoms in total. The molecule has 1 aliphatic heterocycles. The molecule has 0 bridgehead atoms. The first-order valence-electron chi connectivity index (χ1n) is 11.6. The van der Waals surface area contributed by atoms with Crippen LogP contribution in [0.1, 0.15) is 33.6 Å². The fourth-order valence-electron chi connectivity index (χ4n) is 3.72. The van der Waals surface area contributed by atoms with Gasteiger partial charge in [0.25, 0.3) is 0 Å². The number of benzene rings is 1. The number of hydrogen-bond acceptors (Lipinski definition) is 5. The van der Waals surface area contributed by atoms with Gasteiger partial charge in [0.2, 0.25) is 5.91 Å². The summed E-state index contributed by atoms with van der Waals surface area (Å²) >= 11 is 6.26. The van der Waals surface area contributed by atoms with Gasteiger partial charge >= 0.3 is 6.03 Å². The maximum atomic E-state index is 12.9. The van der Waals surface area contributed by atoms with Gasteiger partial charge in [-0.2, -0.15) is 0 Å². The summed E-state index contributed by atoms with van der Waals surface area (Å²) in [5.74, 6) is 0.750. The number of nitrogens with zero attached hydrogens (tertiary/aromatic N) is 5. The van der Waals surface area contributed by atoms with Crippen LogP contribution in [-0.2, 0) is 4.79 Å². The molecule has 9 heteroatoms. The predicted octanol–water partition coefficient (Wildman–Crippen LogP) is 3.67. The molecule has 1 aliphatic rings. The summed E-state index contributed by atoms with van der Waals surface area (Å²) in [7, 11) is 0. The van der Waals surface area contributed by atoms with Crippen molar-refractivity contribution in [3.05, 3.63) is 41.4 Å². The number of amides is 3. The van der Waals surface area contributed by atoms with Gasteiger partial charge < -0.3 is 20.0 Å². The summed E-state index contributed by atoms with van der Waals surface area (Å²) in [5, 5.41) is 12.2. The SMILES string of the molecule is CCCNC(=O)N(CC(=O)N1CCN(c2ccc(-c3ccccc3Cl)nn2)CC1)[C@@H](C)CC. The molecule has 0 spiro atoms. The maximum absolute atomic E-state index is 12.9. The van der Waals surface area contributed by atoms with Crippen molar-refractivity contribution in [2.45, 2.75) is 39.7 Å². The lowest BCUT2D eigenvalue weighted by molar-refractivity contribution is -0.132. The Morgan fingerprint density at radius 2 is 1.82 bits per heavy atom. The van der Waals surface area contributed by atoms with Crippen LogP contribution in [0.15, 0.2) is 36.4 Å². The molecule has 3 amide bonds. The van der Waals surface area contributed by atoms with E-state index in [9.17, 15) is 9.59 Å². The number of aromatic nitrogens is 2. The van der Waals surface area contributed by atoms with Crippen molar-refractivity contribution in [2.75, 3.05) is 44.2 Å². The zero-order valence-corrected chi connectivity index (χ0v) is 20.4. The molecule has 33 heavy (non-hydrogen) atoms. The number of carbonyl (C=O) groups is 2. The van der Waals surface area contributed by atoms with Crippen molar-refractivity contribution in [1.29, 1.82) is 0 Å². The fourth-order valence-corrected chi connectivity index (χ4v) is 3.95. The van der Waals surface area contributed by atoms with E-state index in [4.69, 9.17) is 11.6 Å². The molecule has 2 aromatic rings. The quantitative estimate of drug-likeness (QED) is 0.634. The topological polar surface area (TPSA) is 81.7 Å². The largest absolute Gasteiger partial charge is 0.352 e. The Morgan fingerprint density at radius 1 is 1.09 bits per heavy atom. The second kappa shape index (κ2) is 11.8. The Labute approximate surface area is 200 Å². The highest BCUT2D eigenvalue weighted by atomic mass is 35.5. The highest BCUT2D eigenvalue weighted by molar-refractivity contribution is 6.33. The molecule has 1 aromatic heterocycles. The fraction of sp³-hybridized carbons (Fsp3) is 0.500.